The number of piperazine rings is 1. The summed E-state index contributed by atoms with van der Waals surface area (Å²) < 4.78 is 31.7. The molecule has 4 aromatic rings. The lowest BCUT2D eigenvalue weighted by Crippen LogP contribution is -2.44. The molecule has 0 unspecified atom stereocenters. The van der Waals surface area contributed by atoms with Gasteiger partial charge in [0.05, 0.1) is 36.2 Å². The maximum Gasteiger partial charge on any atom is 0.151 e. The normalized spacial score (nSPS) is 14.9. The Hall–Kier alpha value is -3.46. The summed E-state index contributed by atoms with van der Waals surface area (Å²) in [5.41, 5.74) is 3.29. The van der Waals surface area contributed by atoms with Crippen LogP contribution >= 0.6 is 0 Å². The zero-order chi connectivity index (χ0) is 24.7. The molecule has 5 rings (SSSR count). The van der Waals surface area contributed by atoms with Gasteiger partial charge in [-0.1, -0.05) is 0 Å². The average Bonchev–Trinajstić information content (AvgIpc) is 3.18. The lowest BCUT2D eigenvalue weighted by molar-refractivity contribution is 0.312. The highest BCUT2D eigenvalue weighted by Crippen LogP contribution is 2.31. The SMILES string of the molecule is Cc1nc2c(F)cc(-c3cc(Cc4ncc(N5CCN(C)CC5)cn4)ncc3F)cc2n1C(C)C. The second-order valence-electron chi connectivity index (χ2n) is 9.43. The number of hydrogen-bond donors (Lipinski definition) is 0. The Labute approximate surface area is 203 Å². The van der Waals surface area contributed by atoms with Crippen LogP contribution in [0.15, 0.2) is 36.8 Å². The molecule has 1 aliphatic heterocycles. The van der Waals surface area contributed by atoms with Crippen molar-refractivity contribution in [2.75, 3.05) is 38.1 Å². The number of likely N-dealkylation sites (N-methyl/N-ethyl adjacent to an activating group) is 1. The first-order chi connectivity index (χ1) is 16.8. The number of imidazole rings is 1. The highest BCUT2D eigenvalue weighted by molar-refractivity contribution is 5.83. The van der Waals surface area contributed by atoms with Crippen LogP contribution in [0.3, 0.4) is 0 Å². The summed E-state index contributed by atoms with van der Waals surface area (Å²) in [4.78, 5) is 22.2. The maximum atomic E-state index is 14.9. The third-order valence-corrected chi connectivity index (χ3v) is 6.56. The molecule has 1 fully saturated rings. The zero-order valence-corrected chi connectivity index (χ0v) is 20.5. The van der Waals surface area contributed by atoms with Gasteiger partial charge >= 0.3 is 0 Å². The Bertz CT molecular complexity index is 1360. The minimum Gasteiger partial charge on any atom is -0.366 e. The van der Waals surface area contributed by atoms with Crippen molar-refractivity contribution in [2.45, 2.75) is 33.2 Å². The average molecular weight is 478 g/mol. The fourth-order valence-electron chi connectivity index (χ4n) is 4.71. The predicted molar refractivity (Wildman–Crippen MR) is 133 cm³/mol. The van der Waals surface area contributed by atoms with E-state index in [0.717, 1.165) is 37.7 Å². The molecule has 7 nitrogen and oxygen atoms in total. The molecule has 182 valence electrons. The summed E-state index contributed by atoms with van der Waals surface area (Å²) in [6, 6.07) is 4.88. The van der Waals surface area contributed by atoms with Crippen molar-refractivity contribution in [1.29, 1.82) is 0 Å². The third-order valence-electron chi connectivity index (χ3n) is 6.56. The van der Waals surface area contributed by atoms with Crippen LogP contribution in [0.25, 0.3) is 22.2 Å². The van der Waals surface area contributed by atoms with E-state index in [1.165, 1.54) is 12.3 Å². The first-order valence-corrected chi connectivity index (χ1v) is 11.9. The summed E-state index contributed by atoms with van der Waals surface area (Å²) in [5, 5.41) is 0. The van der Waals surface area contributed by atoms with E-state index in [-0.39, 0.29) is 6.04 Å². The van der Waals surface area contributed by atoms with Crippen molar-refractivity contribution in [3.8, 4) is 11.1 Å². The van der Waals surface area contributed by atoms with Crippen LogP contribution in [0.5, 0.6) is 0 Å². The van der Waals surface area contributed by atoms with Gasteiger partial charge in [0.1, 0.15) is 23.0 Å². The number of rotatable bonds is 5. The van der Waals surface area contributed by atoms with Crippen LogP contribution < -0.4 is 4.90 Å². The van der Waals surface area contributed by atoms with Gasteiger partial charge in [-0.3, -0.25) is 4.98 Å². The van der Waals surface area contributed by atoms with Crippen LogP contribution in [-0.2, 0) is 6.42 Å². The van der Waals surface area contributed by atoms with E-state index in [4.69, 9.17) is 0 Å². The van der Waals surface area contributed by atoms with Crippen molar-refractivity contribution in [3.05, 3.63) is 65.8 Å². The van der Waals surface area contributed by atoms with Crippen LogP contribution in [0.2, 0.25) is 0 Å². The number of aromatic nitrogens is 5. The molecule has 0 radical (unpaired) electrons. The van der Waals surface area contributed by atoms with Gasteiger partial charge in [0.15, 0.2) is 5.82 Å². The summed E-state index contributed by atoms with van der Waals surface area (Å²) >= 11 is 0. The Balaban J connectivity index is 1.42. The Morgan fingerprint density at radius 3 is 2.31 bits per heavy atom. The van der Waals surface area contributed by atoms with Gasteiger partial charge in [0, 0.05) is 43.5 Å². The van der Waals surface area contributed by atoms with Gasteiger partial charge in [-0.15, -0.1) is 0 Å². The van der Waals surface area contributed by atoms with Crippen molar-refractivity contribution in [3.63, 3.8) is 0 Å². The minimum absolute atomic E-state index is 0.0958. The van der Waals surface area contributed by atoms with Gasteiger partial charge in [0.2, 0.25) is 0 Å². The monoisotopic (exact) mass is 477 g/mol. The van der Waals surface area contributed by atoms with Crippen LogP contribution in [0, 0.1) is 18.6 Å². The number of fused-ring (bicyclic) bond motifs is 1. The fourth-order valence-corrected chi connectivity index (χ4v) is 4.71. The van der Waals surface area contributed by atoms with Crippen molar-refractivity contribution >= 4 is 16.7 Å². The summed E-state index contributed by atoms with van der Waals surface area (Å²) in [6.07, 6.45) is 5.19. The van der Waals surface area contributed by atoms with Crippen LogP contribution in [0.1, 0.15) is 37.2 Å². The van der Waals surface area contributed by atoms with Crippen LogP contribution in [-0.4, -0.2) is 62.6 Å². The number of hydrogen-bond acceptors (Lipinski definition) is 6. The molecule has 1 aromatic carbocycles. The molecule has 0 saturated carbocycles. The number of benzene rings is 1. The molecule has 35 heavy (non-hydrogen) atoms. The summed E-state index contributed by atoms with van der Waals surface area (Å²) in [6.45, 7) is 9.77. The molecule has 1 aliphatic rings. The Morgan fingerprint density at radius 1 is 0.914 bits per heavy atom. The smallest absolute Gasteiger partial charge is 0.151 e. The van der Waals surface area contributed by atoms with Gasteiger partial charge in [0.25, 0.3) is 0 Å². The number of anilines is 1. The quantitative estimate of drug-likeness (QED) is 0.425. The van der Waals surface area contributed by atoms with E-state index in [1.54, 1.807) is 12.1 Å². The number of halogens is 2. The molecule has 1 saturated heterocycles. The largest absolute Gasteiger partial charge is 0.366 e. The molecule has 0 atom stereocenters. The molecule has 4 heterocycles. The summed E-state index contributed by atoms with van der Waals surface area (Å²) in [7, 11) is 2.12. The standard InChI is InChI=1S/C26H29F2N7/c1-16(2)35-17(3)32-26-22(27)9-18(10-24(26)35)21-11-19(29-15-23(21)28)12-25-30-13-20(14-31-25)34-7-5-33(4)6-8-34/h9-11,13-16H,5-8,12H2,1-4H3. The lowest BCUT2D eigenvalue weighted by Gasteiger charge is -2.33. The molecular formula is C26H29F2N7. The Kier molecular flexibility index (Phi) is 6.19. The van der Waals surface area contributed by atoms with E-state index < -0.39 is 11.6 Å². The predicted octanol–water partition coefficient (Wildman–Crippen LogP) is 4.40. The second-order valence-corrected chi connectivity index (χ2v) is 9.43. The zero-order valence-electron chi connectivity index (χ0n) is 20.5. The number of pyridine rings is 1. The molecule has 3 aromatic heterocycles. The van der Waals surface area contributed by atoms with E-state index >= 15 is 0 Å². The molecule has 0 spiro atoms. The van der Waals surface area contributed by atoms with Gasteiger partial charge in [-0.25, -0.2) is 23.7 Å². The molecule has 0 aliphatic carbocycles. The molecule has 0 N–H and O–H groups in total. The van der Waals surface area contributed by atoms with E-state index in [2.05, 4.69) is 36.8 Å². The van der Waals surface area contributed by atoms with E-state index in [0.29, 0.717) is 40.1 Å². The molecule has 0 bridgehead atoms. The fraction of sp³-hybridized carbons (Fsp3) is 0.385. The topological polar surface area (TPSA) is 63.0 Å². The highest BCUT2D eigenvalue weighted by Gasteiger charge is 2.18. The number of nitrogens with zero attached hydrogens (tertiary/aromatic N) is 7. The van der Waals surface area contributed by atoms with E-state index in [1.807, 2.05) is 37.7 Å². The first kappa shape index (κ1) is 23.3. The highest BCUT2D eigenvalue weighted by atomic mass is 19.1. The third kappa shape index (κ3) is 4.60. The van der Waals surface area contributed by atoms with E-state index in [9.17, 15) is 8.78 Å². The van der Waals surface area contributed by atoms with Crippen molar-refractivity contribution < 1.29 is 8.78 Å². The molecular weight excluding hydrogens is 448 g/mol. The molecule has 9 heteroatoms. The van der Waals surface area contributed by atoms with Gasteiger partial charge in [-0.2, -0.15) is 0 Å². The number of aryl methyl sites for hydroxylation is 1. The second kappa shape index (κ2) is 9.30. The first-order valence-electron chi connectivity index (χ1n) is 11.9. The summed E-state index contributed by atoms with van der Waals surface area (Å²) in [5.74, 6) is 0.342. The Morgan fingerprint density at radius 2 is 1.63 bits per heavy atom. The van der Waals surface area contributed by atoms with Gasteiger partial charge in [-0.05, 0) is 51.6 Å². The van der Waals surface area contributed by atoms with Crippen molar-refractivity contribution in [1.82, 2.24) is 29.4 Å². The molecule has 0 amide bonds. The minimum atomic E-state index is -0.508. The lowest BCUT2D eigenvalue weighted by atomic mass is 10.0. The maximum absolute atomic E-state index is 14.9. The van der Waals surface area contributed by atoms with Crippen molar-refractivity contribution in [2.24, 2.45) is 0 Å². The van der Waals surface area contributed by atoms with Crippen LogP contribution in [0.4, 0.5) is 14.5 Å². The van der Waals surface area contributed by atoms with Gasteiger partial charge < -0.3 is 14.4 Å².